The van der Waals surface area contributed by atoms with Gasteiger partial charge in [0.1, 0.15) is 29.5 Å². The second-order valence-corrected chi connectivity index (χ2v) is 5.49. The topological polar surface area (TPSA) is 60.0 Å². The zero-order valence-corrected chi connectivity index (χ0v) is 12.3. The summed E-state index contributed by atoms with van der Waals surface area (Å²) >= 11 is 0. The fourth-order valence-electron chi connectivity index (χ4n) is 1.81. The highest BCUT2D eigenvalue weighted by Crippen LogP contribution is 2.28. The highest BCUT2D eigenvalue weighted by Gasteiger charge is 2.27. The predicted molar refractivity (Wildman–Crippen MR) is 76.7 cm³/mol. The molecule has 1 atom stereocenters. The first kappa shape index (κ1) is 14.9. The van der Waals surface area contributed by atoms with E-state index in [4.69, 9.17) is 14.2 Å². The summed E-state index contributed by atoms with van der Waals surface area (Å²) in [4.78, 5) is 0. The molecule has 0 aromatic heterocycles. The molecular weight excluding hydrogens is 258 g/mol. The molecule has 2 rings (SSSR count). The molecule has 1 aromatic rings. The summed E-state index contributed by atoms with van der Waals surface area (Å²) in [6, 6.07) is 5.89. The smallest absolute Gasteiger partial charge is 0.126 e. The lowest BCUT2D eigenvalue weighted by Crippen LogP contribution is -2.43. The van der Waals surface area contributed by atoms with E-state index in [0.717, 1.165) is 0 Å². The SMILES string of the molecule is COc1cc(OC)cc(OCC(C)(O)CNC2CC2)c1. The maximum atomic E-state index is 10.3. The van der Waals surface area contributed by atoms with E-state index in [1.54, 1.807) is 39.3 Å². The molecule has 1 saturated carbocycles. The van der Waals surface area contributed by atoms with E-state index in [1.165, 1.54) is 12.8 Å². The van der Waals surface area contributed by atoms with Gasteiger partial charge in [-0.1, -0.05) is 0 Å². The number of methoxy groups -OCH3 is 2. The maximum Gasteiger partial charge on any atom is 0.126 e. The van der Waals surface area contributed by atoms with Gasteiger partial charge in [0, 0.05) is 30.8 Å². The minimum absolute atomic E-state index is 0.211. The zero-order chi connectivity index (χ0) is 14.6. The van der Waals surface area contributed by atoms with Gasteiger partial charge in [0.25, 0.3) is 0 Å². The number of ether oxygens (including phenoxy) is 3. The van der Waals surface area contributed by atoms with Crippen LogP contribution in [-0.2, 0) is 0 Å². The number of aliphatic hydroxyl groups is 1. The normalized spacial score (nSPS) is 17.4. The Morgan fingerprint density at radius 2 is 1.70 bits per heavy atom. The predicted octanol–water partition coefficient (Wildman–Crippen LogP) is 1.59. The summed E-state index contributed by atoms with van der Waals surface area (Å²) in [5.74, 6) is 1.94. The third-order valence-corrected chi connectivity index (χ3v) is 3.22. The van der Waals surface area contributed by atoms with E-state index in [1.807, 2.05) is 0 Å². The second kappa shape index (κ2) is 6.33. The van der Waals surface area contributed by atoms with Crippen LogP contribution < -0.4 is 19.5 Å². The minimum Gasteiger partial charge on any atom is -0.496 e. The number of rotatable bonds is 8. The van der Waals surface area contributed by atoms with Crippen LogP contribution in [-0.4, -0.2) is 44.1 Å². The molecule has 0 saturated heterocycles. The first-order chi connectivity index (χ1) is 9.52. The Kier molecular flexibility index (Phi) is 4.73. The van der Waals surface area contributed by atoms with Crippen LogP contribution in [0.15, 0.2) is 18.2 Å². The van der Waals surface area contributed by atoms with Crippen molar-refractivity contribution in [1.29, 1.82) is 0 Å². The van der Waals surface area contributed by atoms with Crippen LogP contribution in [0, 0.1) is 0 Å². The fourth-order valence-corrected chi connectivity index (χ4v) is 1.81. The van der Waals surface area contributed by atoms with Crippen LogP contribution in [0.5, 0.6) is 17.2 Å². The first-order valence-electron chi connectivity index (χ1n) is 6.84. The van der Waals surface area contributed by atoms with Gasteiger partial charge in [0.05, 0.1) is 14.2 Å². The Morgan fingerprint density at radius 3 is 2.20 bits per heavy atom. The average Bonchev–Trinajstić information content (AvgIpc) is 3.27. The molecule has 1 aliphatic carbocycles. The molecule has 2 N–H and O–H groups in total. The third-order valence-electron chi connectivity index (χ3n) is 3.22. The highest BCUT2D eigenvalue weighted by molar-refractivity contribution is 5.42. The Balaban J connectivity index is 1.91. The van der Waals surface area contributed by atoms with Gasteiger partial charge in [-0.3, -0.25) is 0 Å². The summed E-state index contributed by atoms with van der Waals surface area (Å²) in [5.41, 5.74) is -0.904. The van der Waals surface area contributed by atoms with Gasteiger partial charge >= 0.3 is 0 Å². The van der Waals surface area contributed by atoms with Crippen LogP contribution in [0.25, 0.3) is 0 Å². The van der Waals surface area contributed by atoms with Crippen molar-refractivity contribution in [3.8, 4) is 17.2 Å². The highest BCUT2D eigenvalue weighted by atomic mass is 16.5. The van der Waals surface area contributed by atoms with Crippen molar-refractivity contribution in [3.05, 3.63) is 18.2 Å². The summed E-state index contributed by atoms with van der Waals surface area (Å²) in [6.45, 7) is 2.50. The second-order valence-electron chi connectivity index (χ2n) is 5.49. The van der Waals surface area contributed by atoms with Crippen LogP contribution in [0.3, 0.4) is 0 Å². The molecular formula is C15H23NO4. The monoisotopic (exact) mass is 281 g/mol. The van der Waals surface area contributed by atoms with Crippen molar-refractivity contribution in [3.63, 3.8) is 0 Å². The molecule has 5 nitrogen and oxygen atoms in total. The summed E-state index contributed by atoms with van der Waals surface area (Å²) in [7, 11) is 3.18. The van der Waals surface area contributed by atoms with Crippen LogP contribution in [0.1, 0.15) is 19.8 Å². The van der Waals surface area contributed by atoms with Crippen molar-refractivity contribution in [2.24, 2.45) is 0 Å². The van der Waals surface area contributed by atoms with Crippen molar-refractivity contribution in [2.45, 2.75) is 31.4 Å². The molecule has 0 spiro atoms. The molecule has 1 unspecified atom stereocenters. The van der Waals surface area contributed by atoms with Crippen LogP contribution >= 0.6 is 0 Å². The molecule has 112 valence electrons. The molecule has 1 aromatic carbocycles. The van der Waals surface area contributed by atoms with Gasteiger partial charge in [-0.15, -0.1) is 0 Å². The number of nitrogens with one attached hydrogen (secondary N) is 1. The van der Waals surface area contributed by atoms with E-state index in [0.29, 0.717) is 29.8 Å². The van der Waals surface area contributed by atoms with Gasteiger partial charge in [-0.2, -0.15) is 0 Å². The van der Waals surface area contributed by atoms with Crippen molar-refractivity contribution in [1.82, 2.24) is 5.32 Å². The van der Waals surface area contributed by atoms with Gasteiger partial charge in [-0.05, 0) is 19.8 Å². The number of hydrogen-bond acceptors (Lipinski definition) is 5. The zero-order valence-electron chi connectivity index (χ0n) is 12.3. The van der Waals surface area contributed by atoms with Gasteiger partial charge in [-0.25, -0.2) is 0 Å². The summed E-state index contributed by atoms with van der Waals surface area (Å²) < 4.78 is 16.0. The third kappa shape index (κ3) is 4.58. The summed E-state index contributed by atoms with van der Waals surface area (Å²) in [5, 5.41) is 13.6. The molecule has 0 aliphatic heterocycles. The Morgan fingerprint density at radius 1 is 1.15 bits per heavy atom. The Labute approximate surface area is 119 Å². The molecule has 20 heavy (non-hydrogen) atoms. The van der Waals surface area contributed by atoms with Gasteiger partial charge in [0.15, 0.2) is 0 Å². The molecule has 0 radical (unpaired) electrons. The average molecular weight is 281 g/mol. The Bertz CT molecular complexity index is 421. The first-order valence-corrected chi connectivity index (χ1v) is 6.84. The lowest BCUT2D eigenvalue weighted by atomic mass is 10.1. The van der Waals surface area contributed by atoms with E-state index < -0.39 is 5.60 Å². The molecule has 1 aliphatic rings. The van der Waals surface area contributed by atoms with Gasteiger partial charge < -0.3 is 24.6 Å². The quantitative estimate of drug-likeness (QED) is 0.757. The molecule has 1 fully saturated rings. The Hall–Kier alpha value is -1.46. The van der Waals surface area contributed by atoms with Crippen LogP contribution in [0.2, 0.25) is 0 Å². The standard InChI is InChI=1S/C15H23NO4/c1-15(17,9-16-11-4-5-11)10-20-14-7-12(18-2)6-13(8-14)19-3/h6-8,11,16-17H,4-5,9-10H2,1-3H3. The van der Waals surface area contributed by atoms with Gasteiger partial charge in [0.2, 0.25) is 0 Å². The maximum absolute atomic E-state index is 10.3. The van der Waals surface area contributed by atoms with E-state index in [-0.39, 0.29) is 6.61 Å². The van der Waals surface area contributed by atoms with E-state index in [9.17, 15) is 5.11 Å². The number of benzene rings is 1. The number of hydrogen-bond donors (Lipinski definition) is 2. The lowest BCUT2D eigenvalue weighted by molar-refractivity contribution is 0.0119. The molecule has 0 heterocycles. The lowest BCUT2D eigenvalue weighted by Gasteiger charge is -2.24. The van der Waals surface area contributed by atoms with Crippen molar-refractivity contribution in [2.75, 3.05) is 27.4 Å². The van der Waals surface area contributed by atoms with E-state index >= 15 is 0 Å². The van der Waals surface area contributed by atoms with Crippen molar-refractivity contribution < 1.29 is 19.3 Å². The van der Waals surface area contributed by atoms with E-state index in [2.05, 4.69) is 5.32 Å². The largest absolute Gasteiger partial charge is 0.496 e. The summed E-state index contributed by atoms with van der Waals surface area (Å²) in [6.07, 6.45) is 2.40. The van der Waals surface area contributed by atoms with Crippen LogP contribution in [0.4, 0.5) is 0 Å². The molecule has 0 bridgehead atoms. The fraction of sp³-hybridized carbons (Fsp3) is 0.600. The molecule has 0 amide bonds. The molecule has 5 heteroatoms. The minimum atomic E-state index is -0.904. The van der Waals surface area contributed by atoms with Crippen molar-refractivity contribution >= 4 is 0 Å².